The van der Waals surface area contributed by atoms with Gasteiger partial charge >= 0.3 is 19.2 Å². The molecule has 0 bridgehead atoms. The zero-order chi connectivity index (χ0) is 30.5. The van der Waals surface area contributed by atoms with Gasteiger partial charge in [-0.2, -0.15) is 15.2 Å². The van der Waals surface area contributed by atoms with Crippen molar-refractivity contribution in [2.75, 3.05) is 51.3 Å². The van der Waals surface area contributed by atoms with Crippen LogP contribution in [0.2, 0.25) is 0 Å². The highest BCUT2D eigenvalue weighted by atomic mass is 16.7. The van der Waals surface area contributed by atoms with Crippen LogP contribution >= 0.6 is 0 Å². The first kappa shape index (κ1) is 29.7. The molecular weight excluding hydrogens is 551 g/mol. The summed E-state index contributed by atoms with van der Waals surface area (Å²) in [5.41, 5.74) is 1.55. The molecule has 3 fully saturated rings. The Morgan fingerprint density at radius 3 is 2.60 bits per heavy atom. The Morgan fingerprint density at radius 1 is 1.16 bits per heavy atom. The number of nitrogens with zero attached hydrogens (tertiary/aromatic N) is 6. The monoisotopic (exact) mass is 592 g/mol. The van der Waals surface area contributed by atoms with E-state index in [4.69, 9.17) is 28.8 Å². The molecule has 6 rings (SSSR count). The van der Waals surface area contributed by atoms with Crippen LogP contribution in [0.3, 0.4) is 0 Å². The second-order valence-corrected chi connectivity index (χ2v) is 13.1. The fourth-order valence-electron chi connectivity index (χ4n) is 6.54. The highest BCUT2D eigenvalue weighted by Crippen LogP contribution is 2.42. The third-order valence-corrected chi connectivity index (χ3v) is 9.80. The summed E-state index contributed by atoms with van der Waals surface area (Å²) in [4.78, 5) is 27.5. The third-order valence-electron chi connectivity index (χ3n) is 9.80. The first-order valence-electron chi connectivity index (χ1n) is 15.3. The minimum absolute atomic E-state index is 0.0872. The number of hydrogen-bond donors (Lipinski definition) is 1. The van der Waals surface area contributed by atoms with Gasteiger partial charge in [-0.05, 0) is 84.1 Å². The smallest absolute Gasteiger partial charge is 0.492 e. The number of carbonyl (C=O) groups is 1. The predicted molar refractivity (Wildman–Crippen MR) is 161 cm³/mol. The molecule has 0 unspecified atom stereocenters. The summed E-state index contributed by atoms with van der Waals surface area (Å²) < 4.78 is 25.6. The van der Waals surface area contributed by atoms with Crippen molar-refractivity contribution < 1.29 is 28.7 Å². The predicted octanol–water partition coefficient (Wildman–Crippen LogP) is 2.81. The topological polar surface area (TPSA) is 134 Å². The average Bonchev–Trinajstić information content (AvgIpc) is 3.48. The van der Waals surface area contributed by atoms with Crippen LogP contribution < -0.4 is 19.8 Å². The van der Waals surface area contributed by atoms with Gasteiger partial charge in [-0.15, -0.1) is 0 Å². The number of piperazine rings is 1. The second kappa shape index (κ2) is 11.3. The van der Waals surface area contributed by atoms with Gasteiger partial charge in [0.05, 0.1) is 47.2 Å². The van der Waals surface area contributed by atoms with Crippen LogP contribution in [0.1, 0.15) is 58.9 Å². The van der Waals surface area contributed by atoms with Crippen molar-refractivity contribution in [2.45, 2.75) is 83.1 Å². The lowest BCUT2D eigenvalue weighted by Crippen LogP contribution is -2.55. The molecule has 0 aliphatic carbocycles. The minimum Gasteiger partial charge on any atom is -0.492 e. The molecular formula is C30H41BN6O6. The number of fused-ring (bicyclic) bond motifs is 3. The van der Waals surface area contributed by atoms with Gasteiger partial charge in [-0.3, -0.25) is 0 Å². The molecule has 4 aliphatic rings. The quantitative estimate of drug-likeness (QED) is 0.497. The van der Waals surface area contributed by atoms with E-state index in [1.54, 1.807) is 0 Å². The number of anilines is 1. The van der Waals surface area contributed by atoms with E-state index in [2.05, 4.69) is 18.0 Å². The number of benzene rings is 1. The van der Waals surface area contributed by atoms with Crippen molar-refractivity contribution in [3.63, 3.8) is 0 Å². The number of ether oxygens (including phenoxy) is 2. The Hall–Kier alpha value is -3.34. The Balaban J connectivity index is 1.46. The largest absolute Gasteiger partial charge is 0.495 e. The van der Waals surface area contributed by atoms with Crippen molar-refractivity contribution in [3.8, 4) is 17.8 Å². The van der Waals surface area contributed by atoms with E-state index in [0.29, 0.717) is 43.4 Å². The standard InChI is InChI=1S/C30H41BN6O6/c1-29(2)30(3,4)43-31(42-29)22-16-23-24(25-21(22)9-7-15-40-25)26(34-27(33-23)41-18-20-8-6-12-35(20)5)36-13-14-37(28(38)39)19(17-36)10-11-32/h16,19-20H,6-10,12-15,17-18H2,1-5H3,(H,38,39)/t19-,20-/m0/s1. The zero-order valence-corrected chi connectivity index (χ0v) is 25.8. The van der Waals surface area contributed by atoms with E-state index in [0.717, 1.165) is 48.6 Å². The SMILES string of the molecule is CN1CCC[C@H]1COc1nc(N2CCN(C(=O)O)[C@@H](CC#N)C2)c2c3c(c(B4OC(C)(C)C(C)(C)O4)cc2n1)CCCO3. The van der Waals surface area contributed by atoms with Gasteiger partial charge in [0.1, 0.15) is 18.2 Å². The normalized spacial score (nSPS) is 25.0. The van der Waals surface area contributed by atoms with Crippen molar-refractivity contribution in [1.82, 2.24) is 19.8 Å². The van der Waals surface area contributed by atoms with Crippen molar-refractivity contribution in [2.24, 2.45) is 0 Å². The summed E-state index contributed by atoms with van der Waals surface area (Å²) in [6.45, 7) is 11.2. The molecule has 1 aromatic carbocycles. The van der Waals surface area contributed by atoms with Crippen molar-refractivity contribution in [1.29, 1.82) is 5.26 Å². The zero-order valence-electron chi connectivity index (χ0n) is 25.8. The number of likely N-dealkylation sites (tertiary alicyclic amines) is 1. The number of rotatable bonds is 6. The van der Waals surface area contributed by atoms with Crippen LogP contribution in [0.25, 0.3) is 10.9 Å². The average molecular weight is 593 g/mol. The maximum Gasteiger partial charge on any atom is 0.495 e. The van der Waals surface area contributed by atoms with Gasteiger partial charge in [0.25, 0.3) is 0 Å². The molecule has 0 radical (unpaired) electrons. The third kappa shape index (κ3) is 5.45. The van der Waals surface area contributed by atoms with Gasteiger partial charge in [-0.25, -0.2) is 4.79 Å². The van der Waals surface area contributed by atoms with E-state index in [1.807, 2.05) is 38.7 Å². The summed E-state index contributed by atoms with van der Waals surface area (Å²) in [7, 11) is 1.52. The highest BCUT2D eigenvalue weighted by Gasteiger charge is 2.52. The maximum absolute atomic E-state index is 11.9. The number of nitriles is 1. The number of aromatic nitrogens is 2. The first-order valence-corrected chi connectivity index (χ1v) is 15.3. The molecule has 0 saturated carbocycles. The Morgan fingerprint density at radius 2 is 1.93 bits per heavy atom. The minimum atomic E-state index is -1.02. The molecule has 1 amide bonds. The Bertz CT molecular complexity index is 1430. The van der Waals surface area contributed by atoms with Crippen LogP contribution in [0, 0.1) is 11.3 Å². The number of likely N-dealkylation sites (N-methyl/N-ethyl adjacent to an activating group) is 1. The number of amides is 1. The van der Waals surface area contributed by atoms with E-state index >= 15 is 0 Å². The summed E-state index contributed by atoms with van der Waals surface area (Å²) in [6.07, 6.45) is 2.90. The number of hydrogen-bond acceptors (Lipinski definition) is 10. The van der Waals surface area contributed by atoms with Gasteiger partial charge in [0, 0.05) is 25.7 Å². The Labute approximate surface area is 253 Å². The van der Waals surface area contributed by atoms with Crippen molar-refractivity contribution >= 4 is 35.4 Å². The molecule has 12 nitrogen and oxygen atoms in total. The van der Waals surface area contributed by atoms with Gasteiger partial charge in [0.15, 0.2) is 0 Å². The maximum atomic E-state index is 11.9. The molecule has 2 aromatic rings. The lowest BCUT2D eigenvalue weighted by atomic mass is 9.73. The fourth-order valence-corrected chi connectivity index (χ4v) is 6.54. The summed E-state index contributed by atoms with van der Waals surface area (Å²) in [5.74, 6) is 1.34. The van der Waals surface area contributed by atoms with E-state index in [-0.39, 0.29) is 25.0 Å². The van der Waals surface area contributed by atoms with Crippen LogP contribution in [0.5, 0.6) is 11.8 Å². The summed E-state index contributed by atoms with van der Waals surface area (Å²) in [6, 6.07) is 4.23. The van der Waals surface area contributed by atoms with Gasteiger partial charge in [0.2, 0.25) is 0 Å². The molecule has 13 heteroatoms. The lowest BCUT2D eigenvalue weighted by molar-refractivity contribution is 0.00578. The van der Waals surface area contributed by atoms with Crippen LogP contribution in [-0.4, -0.2) is 108 Å². The second-order valence-electron chi connectivity index (χ2n) is 13.1. The molecule has 1 aromatic heterocycles. The van der Waals surface area contributed by atoms with E-state index in [1.165, 1.54) is 4.90 Å². The fraction of sp³-hybridized carbons (Fsp3) is 0.667. The van der Waals surface area contributed by atoms with Gasteiger partial charge in [-0.1, -0.05) is 0 Å². The highest BCUT2D eigenvalue weighted by molar-refractivity contribution is 6.63. The van der Waals surface area contributed by atoms with Gasteiger partial charge < -0.3 is 38.6 Å². The summed E-state index contributed by atoms with van der Waals surface area (Å²) in [5, 5.41) is 20.0. The lowest BCUT2D eigenvalue weighted by Gasteiger charge is -2.40. The van der Waals surface area contributed by atoms with Crippen LogP contribution in [-0.2, 0) is 15.7 Å². The van der Waals surface area contributed by atoms with Crippen LogP contribution in [0.15, 0.2) is 6.07 Å². The molecule has 43 heavy (non-hydrogen) atoms. The molecule has 3 saturated heterocycles. The molecule has 1 N–H and O–H groups in total. The number of carboxylic acid groups (broad SMARTS) is 1. The molecule has 4 aliphatic heterocycles. The first-order chi connectivity index (χ1) is 20.5. The van der Waals surface area contributed by atoms with E-state index in [9.17, 15) is 15.2 Å². The molecule has 230 valence electrons. The molecule has 5 heterocycles. The molecule has 0 spiro atoms. The van der Waals surface area contributed by atoms with Crippen LogP contribution in [0.4, 0.5) is 10.6 Å². The molecule has 2 atom stereocenters. The Kier molecular flexibility index (Phi) is 7.81. The summed E-state index contributed by atoms with van der Waals surface area (Å²) >= 11 is 0. The van der Waals surface area contributed by atoms with Crippen molar-refractivity contribution in [3.05, 3.63) is 11.6 Å². The van der Waals surface area contributed by atoms with E-state index < -0.39 is 30.5 Å².